The molecule has 2 heterocycles. The first-order chi connectivity index (χ1) is 19.2. The molecule has 9 unspecified atom stereocenters. The highest BCUT2D eigenvalue weighted by molar-refractivity contribution is 5.99. The van der Waals surface area contributed by atoms with Crippen LogP contribution in [0.3, 0.4) is 0 Å². The summed E-state index contributed by atoms with van der Waals surface area (Å²) >= 11 is 0. The van der Waals surface area contributed by atoms with Gasteiger partial charge in [-0.25, -0.2) is 4.99 Å². The Balaban J connectivity index is 2.09. The number of phenols is 3. The van der Waals surface area contributed by atoms with Gasteiger partial charge in [-0.2, -0.15) is 0 Å². The average Bonchev–Trinajstić information content (AvgIpc) is 3.17. The summed E-state index contributed by atoms with van der Waals surface area (Å²) in [5, 5.41) is 78.7. The van der Waals surface area contributed by atoms with E-state index in [1.807, 2.05) is 0 Å². The molecular weight excluding hydrogens is 554 g/mol. The quantitative estimate of drug-likeness (QED) is 0.0424. The van der Waals surface area contributed by atoms with Gasteiger partial charge in [-0.05, 0) is 14.0 Å². The van der Waals surface area contributed by atoms with Crippen molar-refractivity contribution in [1.29, 1.82) is 0 Å². The first-order valence-corrected chi connectivity index (χ1v) is 12.1. The number of nitrogens with zero attached hydrogens (tertiary/aromatic N) is 2. The second-order valence-electron chi connectivity index (χ2n) is 9.22. The van der Waals surface area contributed by atoms with Crippen molar-refractivity contribution >= 4 is 29.6 Å². The standard InChI is InChI=1S/C22H35N7O12/c1-6-22(37,5-31)17(41-18-10(26-2)14(35)11(32)7(4-30)39-18)19(38-6)40-16-9(28-20(23)24)12(33)8(13(34)15(16)36)29-21(25)27-3/h5-7,10-11,14,17-19,26,30,32-37H,4H2,1-3H3,(H4,23,24,28)(H3,25,27,29). The summed E-state index contributed by atoms with van der Waals surface area (Å²) in [6.45, 7) is 0.581. The SMILES string of the molecule is CN=C(N)Nc1c(O)c(O)c(OC2OC(C)C(O)(C=O)C2OC2OC(CO)C(O)C(O)C2NC)c(N=C(N)N)c1O. The number of benzene rings is 1. The smallest absolute Gasteiger partial charge is 0.230 e. The zero-order valence-electron chi connectivity index (χ0n) is 22.2. The molecule has 230 valence electrons. The number of guanidine groups is 2. The van der Waals surface area contributed by atoms with Crippen LogP contribution >= 0.6 is 0 Å². The Labute approximate surface area is 232 Å². The van der Waals surface area contributed by atoms with Crippen molar-refractivity contribution < 1.29 is 59.5 Å². The summed E-state index contributed by atoms with van der Waals surface area (Å²) in [4.78, 5) is 19.4. The lowest BCUT2D eigenvalue weighted by atomic mass is 9.94. The van der Waals surface area contributed by atoms with Crippen LogP contribution in [-0.4, -0.2) is 129 Å². The number of phenolic OH excluding ortho intramolecular Hbond substituents is 3. The van der Waals surface area contributed by atoms with Crippen LogP contribution in [0.4, 0.5) is 11.4 Å². The highest BCUT2D eigenvalue weighted by atomic mass is 16.8. The molecule has 0 radical (unpaired) electrons. The van der Waals surface area contributed by atoms with E-state index in [0.29, 0.717) is 0 Å². The maximum absolute atomic E-state index is 12.1. The molecule has 0 saturated carbocycles. The molecule has 1 aromatic carbocycles. The minimum atomic E-state index is -2.42. The van der Waals surface area contributed by atoms with Crippen LogP contribution in [0.25, 0.3) is 0 Å². The van der Waals surface area contributed by atoms with Crippen LogP contribution < -0.4 is 32.6 Å². The van der Waals surface area contributed by atoms with E-state index in [-0.39, 0.29) is 12.2 Å². The van der Waals surface area contributed by atoms with E-state index in [9.17, 15) is 40.5 Å². The van der Waals surface area contributed by atoms with Crippen molar-refractivity contribution in [2.75, 3.05) is 26.0 Å². The third-order valence-corrected chi connectivity index (χ3v) is 6.70. The summed E-state index contributed by atoms with van der Waals surface area (Å²) in [6.07, 6.45) is -10.6. The van der Waals surface area contributed by atoms with Gasteiger partial charge in [0.25, 0.3) is 0 Å². The molecule has 2 fully saturated rings. The molecule has 0 amide bonds. The summed E-state index contributed by atoms with van der Waals surface area (Å²) in [7, 11) is 2.71. The number of aliphatic hydroxyl groups is 4. The fourth-order valence-corrected chi connectivity index (χ4v) is 4.35. The molecule has 2 saturated heterocycles. The normalized spacial score (nSPS) is 33.8. The lowest BCUT2D eigenvalue weighted by Crippen LogP contribution is -2.65. The van der Waals surface area contributed by atoms with Gasteiger partial charge < -0.3 is 82.5 Å². The van der Waals surface area contributed by atoms with Crippen molar-refractivity contribution in [2.45, 2.75) is 61.7 Å². The summed E-state index contributed by atoms with van der Waals surface area (Å²) < 4.78 is 22.7. The monoisotopic (exact) mass is 589 g/mol. The fraction of sp³-hybridized carbons (Fsp3) is 0.591. The van der Waals surface area contributed by atoms with E-state index >= 15 is 0 Å². The van der Waals surface area contributed by atoms with Gasteiger partial charge in [0, 0.05) is 7.05 Å². The number of aliphatic hydroxyl groups excluding tert-OH is 3. The molecule has 1 aromatic rings. The second-order valence-corrected chi connectivity index (χ2v) is 9.22. The lowest BCUT2D eigenvalue weighted by molar-refractivity contribution is -0.301. The van der Waals surface area contributed by atoms with Crippen molar-refractivity contribution in [1.82, 2.24) is 5.32 Å². The van der Waals surface area contributed by atoms with Crippen LogP contribution in [0.15, 0.2) is 9.98 Å². The van der Waals surface area contributed by atoms with E-state index < -0.39 is 102 Å². The van der Waals surface area contributed by atoms with E-state index in [1.54, 1.807) is 0 Å². The predicted octanol–water partition coefficient (Wildman–Crippen LogP) is -4.47. The minimum absolute atomic E-state index is 0.114. The van der Waals surface area contributed by atoms with Crippen molar-refractivity contribution in [3.05, 3.63) is 0 Å². The number of nitrogens with two attached hydrogens (primary N) is 3. The van der Waals surface area contributed by atoms with Crippen LogP contribution in [0.2, 0.25) is 0 Å². The van der Waals surface area contributed by atoms with E-state index in [2.05, 4.69) is 20.6 Å². The molecule has 41 heavy (non-hydrogen) atoms. The number of rotatable bonds is 9. The van der Waals surface area contributed by atoms with Gasteiger partial charge in [0.2, 0.25) is 12.0 Å². The first kappa shape index (κ1) is 31.8. The number of nitrogens with one attached hydrogen (secondary N) is 2. The van der Waals surface area contributed by atoms with E-state index in [4.69, 9.17) is 36.1 Å². The Hall–Kier alpha value is -3.69. The summed E-state index contributed by atoms with van der Waals surface area (Å²) in [6, 6.07) is -1.14. The Morgan fingerprint density at radius 1 is 1.10 bits per heavy atom. The molecule has 0 spiro atoms. The number of hydrogen-bond acceptors (Lipinski definition) is 15. The van der Waals surface area contributed by atoms with Gasteiger partial charge in [0.15, 0.2) is 59.1 Å². The van der Waals surface area contributed by atoms with Gasteiger partial charge in [0.05, 0.1) is 18.8 Å². The molecule has 3 rings (SSSR count). The number of aromatic hydroxyl groups is 3. The number of ether oxygens (including phenoxy) is 4. The third kappa shape index (κ3) is 5.87. The number of carbonyl (C=O) groups is 1. The Kier molecular flexibility index (Phi) is 9.66. The molecule has 19 nitrogen and oxygen atoms in total. The molecular formula is C22H35N7O12. The summed E-state index contributed by atoms with van der Waals surface area (Å²) in [5.74, 6) is -4.56. The molecule has 19 heteroatoms. The third-order valence-electron chi connectivity index (χ3n) is 6.70. The molecule has 0 aromatic heterocycles. The second kappa shape index (κ2) is 12.4. The summed E-state index contributed by atoms with van der Waals surface area (Å²) in [5.41, 5.74) is 12.9. The van der Waals surface area contributed by atoms with Gasteiger partial charge in [-0.3, -0.25) is 9.79 Å². The first-order valence-electron chi connectivity index (χ1n) is 12.1. The molecule has 2 aliphatic rings. The number of anilines is 1. The topological polar surface area (TPSA) is 322 Å². The van der Waals surface area contributed by atoms with Crippen molar-refractivity contribution in [2.24, 2.45) is 27.2 Å². The molecule has 0 bridgehead atoms. The number of aliphatic imine (C=N–C) groups is 2. The van der Waals surface area contributed by atoms with E-state index in [0.717, 1.165) is 0 Å². The van der Waals surface area contributed by atoms with Crippen molar-refractivity contribution in [3.8, 4) is 23.0 Å². The van der Waals surface area contributed by atoms with Crippen LogP contribution in [0.5, 0.6) is 23.0 Å². The number of aldehydes is 1. The Morgan fingerprint density at radius 2 is 1.76 bits per heavy atom. The van der Waals surface area contributed by atoms with Crippen LogP contribution in [-0.2, 0) is 19.0 Å². The van der Waals surface area contributed by atoms with Gasteiger partial charge in [0.1, 0.15) is 24.0 Å². The average molecular weight is 590 g/mol. The Bertz CT molecular complexity index is 1180. The zero-order chi connectivity index (χ0) is 30.8. The number of carbonyl (C=O) groups excluding carboxylic acids is 1. The predicted molar refractivity (Wildman–Crippen MR) is 140 cm³/mol. The minimum Gasteiger partial charge on any atom is -0.504 e. The lowest BCUT2D eigenvalue weighted by Gasteiger charge is -2.43. The largest absolute Gasteiger partial charge is 0.504 e. The van der Waals surface area contributed by atoms with Gasteiger partial charge >= 0.3 is 0 Å². The van der Waals surface area contributed by atoms with Crippen LogP contribution in [0, 0.1) is 0 Å². The van der Waals surface area contributed by atoms with Gasteiger partial charge in [-0.1, -0.05) is 0 Å². The maximum Gasteiger partial charge on any atom is 0.230 e. The fourth-order valence-electron chi connectivity index (χ4n) is 4.35. The molecule has 2 aliphatic heterocycles. The Morgan fingerprint density at radius 3 is 2.29 bits per heavy atom. The molecule has 15 N–H and O–H groups in total. The van der Waals surface area contributed by atoms with Crippen LogP contribution in [0.1, 0.15) is 6.92 Å². The molecule has 0 aliphatic carbocycles. The highest BCUT2D eigenvalue weighted by Gasteiger charge is 2.59. The zero-order valence-corrected chi connectivity index (χ0v) is 22.2. The van der Waals surface area contributed by atoms with Gasteiger partial charge in [-0.15, -0.1) is 0 Å². The molecule has 9 atom stereocenters. The van der Waals surface area contributed by atoms with Crippen molar-refractivity contribution in [3.63, 3.8) is 0 Å². The highest BCUT2D eigenvalue weighted by Crippen LogP contribution is 2.56. The maximum atomic E-state index is 12.1. The number of likely N-dealkylation sites (N-methyl/N-ethyl adjacent to an activating group) is 1. The number of hydrogen-bond donors (Lipinski definition) is 12. The van der Waals surface area contributed by atoms with E-state index in [1.165, 1.54) is 21.0 Å².